The van der Waals surface area contributed by atoms with E-state index in [-0.39, 0.29) is 17.4 Å². The molecule has 1 unspecified atom stereocenters. The monoisotopic (exact) mass is 527 g/mol. The zero-order chi connectivity index (χ0) is 27.5. The lowest BCUT2D eigenvalue weighted by atomic mass is 9.93. The number of aliphatic hydroxyl groups excluding tert-OH is 1. The van der Waals surface area contributed by atoms with Crippen molar-refractivity contribution in [3.63, 3.8) is 0 Å². The Kier molecular flexibility index (Phi) is 7.59. The van der Waals surface area contributed by atoms with E-state index in [2.05, 4.69) is 0 Å². The Bertz CT molecular complexity index is 1410. The van der Waals surface area contributed by atoms with Crippen molar-refractivity contribution in [3.8, 4) is 17.2 Å². The predicted octanol–water partition coefficient (Wildman–Crippen LogP) is 5.96. The van der Waals surface area contributed by atoms with Crippen LogP contribution in [-0.4, -0.2) is 42.0 Å². The summed E-state index contributed by atoms with van der Waals surface area (Å²) in [5, 5.41) is 11.6. The van der Waals surface area contributed by atoms with Gasteiger partial charge in [-0.1, -0.05) is 55.3 Å². The molecular weight excluding hydrogens is 494 g/mol. The number of hydrogen-bond acceptors (Lipinski definition) is 6. The quantitative estimate of drug-likeness (QED) is 0.221. The van der Waals surface area contributed by atoms with E-state index in [0.29, 0.717) is 35.0 Å². The van der Waals surface area contributed by atoms with Crippen molar-refractivity contribution < 1.29 is 28.9 Å². The van der Waals surface area contributed by atoms with Crippen molar-refractivity contribution in [2.45, 2.75) is 51.3 Å². The number of carbonyl (C=O) groups is 2. The van der Waals surface area contributed by atoms with Crippen LogP contribution in [-0.2, 0) is 16.2 Å². The molecule has 2 aliphatic rings. The Balaban J connectivity index is 1.57. The van der Waals surface area contributed by atoms with Gasteiger partial charge in [0.15, 0.2) is 11.5 Å². The molecule has 1 aliphatic heterocycles. The molecule has 0 aromatic heterocycles. The van der Waals surface area contributed by atoms with E-state index in [0.717, 1.165) is 36.8 Å². The summed E-state index contributed by atoms with van der Waals surface area (Å²) in [6.07, 6.45) is 3.59. The highest BCUT2D eigenvalue weighted by molar-refractivity contribution is 6.46. The number of nitrogens with zero attached hydrogens (tertiary/aromatic N) is 1. The molecule has 1 aliphatic carbocycles. The second-order valence-corrected chi connectivity index (χ2v) is 9.98. The van der Waals surface area contributed by atoms with Crippen LogP contribution in [0.1, 0.15) is 54.0 Å². The molecule has 1 saturated heterocycles. The number of aryl methyl sites for hydroxylation is 1. The first-order valence-electron chi connectivity index (χ1n) is 13.2. The number of hydrogen-bond donors (Lipinski definition) is 1. The van der Waals surface area contributed by atoms with Crippen molar-refractivity contribution in [3.05, 3.63) is 94.6 Å². The molecule has 1 N–H and O–H groups in total. The summed E-state index contributed by atoms with van der Waals surface area (Å²) in [5.41, 5.74) is 2.94. The van der Waals surface area contributed by atoms with Gasteiger partial charge in [0.1, 0.15) is 18.1 Å². The minimum Gasteiger partial charge on any atom is -0.507 e. The van der Waals surface area contributed by atoms with Crippen molar-refractivity contribution in [2.24, 2.45) is 0 Å². The second-order valence-electron chi connectivity index (χ2n) is 9.98. The largest absolute Gasteiger partial charge is 0.507 e. The van der Waals surface area contributed by atoms with Crippen molar-refractivity contribution in [2.75, 3.05) is 14.2 Å². The molecule has 2 fully saturated rings. The third-order valence-electron chi connectivity index (χ3n) is 7.61. The Morgan fingerprint density at radius 1 is 0.923 bits per heavy atom. The molecule has 202 valence electrons. The fraction of sp³-hybridized carbons (Fsp3) is 0.312. The molecule has 0 spiro atoms. The summed E-state index contributed by atoms with van der Waals surface area (Å²) < 4.78 is 17.2. The Morgan fingerprint density at radius 2 is 1.67 bits per heavy atom. The number of methoxy groups -OCH3 is 2. The van der Waals surface area contributed by atoms with Crippen molar-refractivity contribution >= 4 is 17.4 Å². The van der Waals surface area contributed by atoms with Crippen LogP contribution in [0.15, 0.2) is 72.3 Å². The van der Waals surface area contributed by atoms with Crippen LogP contribution in [0.25, 0.3) is 5.76 Å². The number of rotatable bonds is 8. The van der Waals surface area contributed by atoms with Gasteiger partial charge in [-0.2, -0.15) is 0 Å². The summed E-state index contributed by atoms with van der Waals surface area (Å²) in [6, 6.07) is 19.6. The van der Waals surface area contributed by atoms with Crippen LogP contribution in [0.4, 0.5) is 0 Å². The molecule has 0 radical (unpaired) electrons. The number of amides is 1. The average Bonchev–Trinajstić information content (AvgIpc) is 3.58. The second kappa shape index (κ2) is 11.2. The SMILES string of the molecule is COc1cccc(C2/C(=C(/O)c3ccc(OCc4ccccc4)c(C)c3)C(=O)C(=O)N2C2CCCC2)c1OC. The molecule has 7 heteroatoms. The normalized spacial score (nSPS) is 18.9. The predicted molar refractivity (Wildman–Crippen MR) is 148 cm³/mol. The standard InChI is InChI=1S/C32H33NO6/c1-20-18-22(16-17-25(20)39-19-21-10-5-4-6-11-21)29(34)27-28(24-14-9-15-26(37-2)31(24)38-3)33(32(36)30(27)35)23-12-7-8-13-23/h4-6,9-11,14-18,23,28,34H,7-8,12-13,19H2,1-3H3/b29-27-. The van der Waals surface area contributed by atoms with E-state index in [9.17, 15) is 14.7 Å². The van der Waals surface area contributed by atoms with E-state index in [4.69, 9.17) is 14.2 Å². The van der Waals surface area contributed by atoms with Gasteiger partial charge in [0.2, 0.25) is 0 Å². The van der Waals surface area contributed by atoms with Crippen LogP contribution >= 0.6 is 0 Å². The van der Waals surface area contributed by atoms with Gasteiger partial charge in [0.05, 0.1) is 25.8 Å². The first kappa shape index (κ1) is 26.4. The first-order chi connectivity index (χ1) is 18.9. The molecule has 1 atom stereocenters. The van der Waals surface area contributed by atoms with E-state index >= 15 is 0 Å². The fourth-order valence-corrected chi connectivity index (χ4v) is 5.69. The molecule has 0 bridgehead atoms. The van der Waals surface area contributed by atoms with Crippen LogP contribution in [0.5, 0.6) is 17.2 Å². The van der Waals surface area contributed by atoms with Crippen molar-refractivity contribution in [1.82, 2.24) is 4.90 Å². The topological polar surface area (TPSA) is 85.3 Å². The number of carbonyl (C=O) groups excluding carboxylic acids is 2. The molecule has 1 saturated carbocycles. The maximum absolute atomic E-state index is 13.5. The number of ether oxygens (including phenoxy) is 3. The number of ketones is 1. The van der Waals surface area contributed by atoms with Gasteiger partial charge in [0.25, 0.3) is 11.7 Å². The van der Waals surface area contributed by atoms with E-state index < -0.39 is 17.7 Å². The molecular formula is C32H33NO6. The minimum atomic E-state index is -0.799. The van der Waals surface area contributed by atoms with E-state index in [1.807, 2.05) is 43.3 Å². The van der Waals surface area contributed by atoms with Gasteiger partial charge in [-0.3, -0.25) is 9.59 Å². The minimum absolute atomic E-state index is 0.0517. The highest BCUT2D eigenvalue weighted by Crippen LogP contribution is 2.48. The highest BCUT2D eigenvalue weighted by atomic mass is 16.5. The molecule has 1 amide bonds. The van der Waals surface area contributed by atoms with Gasteiger partial charge < -0.3 is 24.2 Å². The maximum atomic E-state index is 13.5. The zero-order valence-electron chi connectivity index (χ0n) is 22.5. The van der Waals surface area contributed by atoms with Crippen LogP contribution in [0.3, 0.4) is 0 Å². The van der Waals surface area contributed by atoms with Gasteiger partial charge in [-0.25, -0.2) is 0 Å². The number of Topliss-reactive ketones (excluding diaryl/α,β-unsaturated/α-hetero) is 1. The third kappa shape index (κ3) is 4.97. The molecule has 3 aromatic rings. The zero-order valence-corrected chi connectivity index (χ0v) is 22.5. The van der Waals surface area contributed by atoms with Gasteiger partial charge in [-0.15, -0.1) is 0 Å². The summed E-state index contributed by atoms with van der Waals surface area (Å²) in [5.74, 6) is 0.0767. The number of likely N-dealkylation sites (tertiary alicyclic amines) is 1. The average molecular weight is 528 g/mol. The lowest BCUT2D eigenvalue weighted by molar-refractivity contribution is -0.141. The third-order valence-corrected chi connectivity index (χ3v) is 7.61. The lowest BCUT2D eigenvalue weighted by Gasteiger charge is -2.31. The molecule has 3 aromatic carbocycles. The van der Waals surface area contributed by atoms with Gasteiger partial charge >= 0.3 is 0 Å². The summed E-state index contributed by atoms with van der Waals surface area (Å²) in [7, 11) is 3.07. The Hall–Kier alpha value is -4.26. The van der Waals surface area contributed by atoms with Crippen LogP contribution in [0, 0.1) is 6.92 Å². The maximum Gasteiger partial charge on any atom is 0.295 e. The number of benzene rings is 3. The molecule has 39 heavy (non-hydrogen) atoms. The molecule has 1 heterocycles. The van der Waals surface area contributed by atoms with Crippen LogP contribution < -0.4 is 14.2 Å². The Labute approximate surface area is 228 Å². The highest BCUT2D eigenvalue weighted by Gasteiger charge is 2.50. The van der Waals surface area contributed by atoms with Crippen LogP contribution in [0.2, 0.25) is 0 Å². The molecule has 7 nitrogen and oxygen atoms in total. The summed E-state index contributed by atoms with van der Waals surface area (Å²) in [6.45, 7) is 2.30. The fourth-order valence-electron chi connectivity index (χ4n) is 5.69. The smallest absolute Gasteiger partial charge is 0.295 e. The van der Waals surface area contributed by atoms with Gasteiger partial charge in [-0.05, 0) is 55.2 Å². The lowest BCUT2D eigenvalue weighted by Crippen LogP contribution is -2.37. The summed E-state index contributed by atoms with van der Waals surface area (Å²) >= 11 is 0. The summed E-state index contributed by atoms with van der Waals surface area (Å²) in [4.78, 5) is 28.6. The first-order valence-corrected chi connectivity index (χ1v) is 13.2. The number of aliphatic hydroxyl groups is 1. The Morgan fingerprint density at radius 3 is 2.33 bits per heavy atom. The van der Waals surface area contributed by atoms with E-state index in [1.165, 1.54) is 7.11 Å². The number of para-hydroxylation sites is 1. The molecule has 5 rings (SSSR count). The van der Waals surface area contributed by atoms with E-state index in [1.54, 1.807) is 42.3 Å². The van der Waals surface area contributed by atoms with Gasteiger partial charge in [0, 0.05) is 17.2 Å². The van der Waals surface area contributed by atoms with Crippen molar-refractivity contribution in [1.29, 1.82) is 0 Å².